The number of carbonyl (C=O) groups is 2. The van der Waals surface area contributed by atoms with Crippen LogP contribution < -0.4 is 10.2 Å². The van der Waals surface area contributed by atoms with Crippen molar-refractivity contribution in [2.75, 3.05) is 10.2 Å². The van der Waals surface area contributed by atoms with Gasteiger partial charge in [0.2, 0.25) is 0 Å². The van der Waals surface area contributed by atoms with E-state index in [0.29, 0.717) is 5.69 Å². The number of nitrogens with one attached hydrogen (secondary N) is 1. The van der Waals surface area contributed by atoms with E-state index in [4.69, 9.17) is 5.11 Å². The van der Waals surface area contributed by atoms with Crippen molar-refractivity contribution in [1.29, 1.82) is 0 Å². The maximum atomic E-state index is 13.4. The number of aliphatic carboxylic acids is 1. The number of amides is 2. The molecule has 0 saturated heterocycles. The summed E-state index contributed by atoms with van der Waals surface area (Å²) in [5, 5.41) is 11.9. The molecule has 0 spiro atoms. The van der Waals surface area contributed by atoms with Gasteiger partial charge in [-0.2, -0.15) is 0 Å². The number of nitrogens with zero attached hydrogens (tertiary/aromatic N) is 1. The molecular formula is C29H26N2O3S. The van der Waals surface area contributed by atoms with Gasteiger partial charge in [0, 0.05) is 21.2 Å². The lowest BCUT2D eigenvalue weighted by Crippen LogP contribution is -2.37. The molecule has 0 aliphatic carbocycles. The van der Waals surface area contributed by atoms with Crippen molar-refractivity contribution in [3.05, 3.63) is 120 Å². The third-order valence-electron chi connectivity index (χ3n) is 5.54. The standard InChI is InChI=1S/C29H26N2O3S/c1-21(23-8-4-2-5-9-23)31(25-10-6-3-7-11-25)29(34)30-24-14-18-27(19-15-24)35-26-16-12-22(13-17-26)20-28(32)33/h2-19,21H,20H2,1H3,(H,30,34)(H,32,33). The number of carboxylic acid groups (broad SMARTS) is 1. The Morgan fingerprint density at radius 3 is 1.91 bits per heavy atom. The van der Waals surface area contributed by atoms with Crippen molar-refractivity contribution in [3.63, 3.8) is 0 Å². The number of anilines is 2. The molecule has 0 radical (unpaired) electrons. The lowest BCUT2D eigenvalue weighted by Gasteiger charge is -2.30. The Morgan fingerprint density at radius 2 is 1.34 bits per heavy atom. The van der Waals surface area contributed by atoms with Crippen molar-refractivity contribution in [2.24, 2.45) is 0 Å². The lowest BCUT2D eigenvalue weighted by atomic mass is 10.1. The van der Waals surface area contributed by atoms with Crippen LogP contribution in [0, 0.1) is 0 Å². The number of urea groups is 1. The minimum absolute atomic E-state index is 0.0161. The smallest absolute Gasteiger partial charge is 0.326 e. The van der Waals surface area contributed by atoms with E-state index in [1.165, 1.54) is 0 Å². The second kappa shape index (κ2) is 11.4. The predicted octanol–water partition coefficient (Wildman–Crippen LogP) is 7.26. The van der Waals surface area contributed by atoms with Crippen molar-refractivity contribution < 1.29 is 14.7 Å². The zero-order valence-corrected chi connectivity index (χ0v) is 20.1. The molecule has 176 valence electrons. The van der Waals surface area contributed by atoms with E-state index in [0.717, 1.165) is 26.6 Å². The second-order valence-corrected chi connectivity index (χ2v) is 9.21. The highest BCUT2D eigenvalue weighted by Crippen LogP contribution is 2.30. The molecule has 0 aliphatic rings. The van der Waals surface area contributed by atoms with Crippen LogP contribution in [0.5, 0.6) is 0 Å². The zero-order chi connectivity index (χ0) is 24.6. The first kappa shape index (κ1) is 24.1. The Balaban J connectivity index is 1.46. The summed E-state index contributed by atoms with van der Waals surface area (Å²) in [7, 11) is 0. The first-order valence-electron chi connectivity index (χ1n) is 11.3. The van der Waals surface area contributed by atoms with Gasteiger partial charge in [-0.1, -0.05) is 72.4 Å². The molecule has 4 aromatic carbocycles. The van der Waals surface area contributed by atoms with E-state index in [-0.39, 0.29) is 18.5 Å². The Kier molecular flexibility index (Phi) is 7.85. The number of benzene rings is 4. The summed E-state index contributed by atoms with van der Waals surface area (Å²) in [6.45, 7) is 2.02. The second-order valence-electron chi connectivity index (χ2n) is 8.06. The van der Waals surface area contributed by atoms with Crippen LogP contribution in [0.25, 0.3) is 0 Å². The summed E-state index contributed by atoms with van der Waals surface area (Å²) in [6, 6.07) is 34.4. The lowest BCUT2D eigenvalue weighted by molar-refractivity contribution is -0.136. The quantitative estimate of drug-likeness (QED) is 0.277. The molecule has 0 bridgehead atoms. The van der Waals surface area contributed by atoms with Gasteiger partial charge in [-0.3, -0.25) is 9.69 Å². The fraction of sp³-hybridized carbons (Fsp3) is 0.103. The number of rotatable bonds is 8. The molecule has 0 aromatic heterocycles. The van der Waals surface area contributed by atoms with Gasteiger partial charge in [0.15, 0.2) is 0 Å². The highest BCUT2D eigenvalue weighted by molar-refractivity contribution is 7.99. The largest absolute Gasteiger partial charge is 0.481 e. The summed E-state index contributed by atoms with van der Waals surface area (Å²) >= 11 is 1.58. The minimum Gasteiger partial charge on any atom is -0.481 e. The van der Waals surface area contributed by atoms with Crippen LogP contribution in [0.2, 0.25) is 0 Å². The normalized spacial score (nSPS) is 11.5. The summed E-state index contributed by atoms with van der Waals surface area (Å²) < 4.78 is 0. The van der Waals surface area contributed by atoms with Gasteiger partial charge in [0.05, 0.1) is 12.5 Å². The fourth-order valence-electron chi connectivity index (χ4n) is 3.76. The highest BCUT2D eigenvalue weighted by Gasteiger charge is 2.23. The Hall–Kier alpha value is -4.03. The van der Waals surface area contributed by atoms with Gasteiger partial charge in [0.25, 0.3) is 0 Å². The highest BCUT2D eigenvalue weighted by atomic mass is 32.2. The molecule has 5 nitrogen and oxygen atoms in total. The molecule has 35 heavy (non-hydrogen) atoms. The van der Waals surface area contributed by atoms with Crippen LogP contribution in [0.1, 0.15) is 24.1 Å². The first-order chi connectivity index (χ1) is 17.0. The van der Waals surface area contributed by atoms with Gasteiger partial charge in [-0.05, 0) is 66.6 Å². The third kappa shape index (κ3) is 6.52. The molecule has 0 fully saturated rings. The van der Waals surface area contributed by atoms with Gasteiger partial charge in [-0.15, -0.1) is 0 Å². The number of carbonyl (C=O) groups excluding carboxylic acids is 1. The molecule has 0 aliphatic heterocycles. The minimum atomic E-state index is -0.841. The zero-order valence-electron chi connectivity index (χ0n) is 19.3. The van der Waals surface area contributed by atoms with Gasteiger partial charge >= 0.3 is 12.0 Å². The van der Waals surface area contributed by atoms with Crippen LogP contribution in [-0.2, 0) is 11.2 Å². The van der Waals surface area contributed by atoms with Crippen LogP contribution >= 0.6 is 11.8 Å². The van der Waals surface area contributed by atoms with E-state index in [1.807, 2.05) is 116 Å². The van der Waals surface area contributed by atoms with E-state index >= 15 is 0 Å². The van der Waals surface area contributed by atoms with Gasteiger partial charge in [-0.25, -0.2) is 4.79 Å². The van der Waals surface area contributed by atoms with Gasteiger partial charge < -0.3 is 10.4 Å². The predicted molar refractivity (Wildman–Crippen MR) is 141 cm³/mol. The van der Waals surface area contributed by atoms with Crippen LogP contribution in [0.4, 0.5) is 16.2 Å². The van der Waals surface area contributed by atoms with Gasteiger partial charge in [0.1, 0.15) is 0 Å². The number of para-hydroxylation sites is 1. The maximum absolute atomic E-state index is 13.4. The number of hydrogen-bond donors (Lipinski definition) is 2. The number of carboxylic acids is 1. The molecule has 4 rings (SSSR count). The molecule has 2 amide bonds. The molecule has 0 saturated carbocycles. The van der Waals surface area contributed by atoms with Crippen LogP contribution in [0.15, 0.2) is 119 Å². The van der Waals surface area contributed by atoms with Crippen molar-refractivity contribution in [1.82, 2.24) is 0 Å². The topological polar surface area (TPSA) is 69.6 Å². The third-order valence-corrected chi connectivity index (χ3v) is 6.56. The monoisotopic (exact) mass is 482 g/mol. The van der Waals surface area contributed by atoms with E-state index in [2.05, 4.69) is 5.32 Å². The molecule has 2 N–H and O–H groups in total. The molecule has 6 heteroatoms. The molecule has 0 heterocycles. The molecule has 4 aromatic rings. The molecular weight excluding hydrogens is 456 g/mol. The van der Waals surface area contributed by atoms with E-state index in [1.54, 1.807) is 16.7 Å². The Labute approximate surface area is 209 Å². The summed E-state index contributed by atoms with van der Waals surface area (Å²) in [4.78, 5) is 28.0. The first-order valence-corrected chi connectivity index (χ1v) is 12.1. The van der Waals surface area contributed by atoms with Crippen molar-refractivity contribution in [2.45, 2.75) is 29.2 Å². The van der Waals surface area contributed by atoms with Crippen molar-refractivity contribution in [3.8, 4) is 0 Å². The summed E-state index contributed by atoms with van der Waals surface area (Å²) in [5.41, 5.74) is 3.34. The van der Waals surface area contributed by atoms with E-state index < -0.39 is 5.97 Å². The average Bonchev–Trinajstić information content (AvgIpc) is 2.87. The van der Waals surface area contributed by atoms with Crippen molar-refractivity contribution >= 4 is 35.1 Å². The van der Waals surface area contributed by atoms with Crippen LogP contribution in [0.3, 0.4) is 0 Å². The Bertz CT molecular complexity index is 1260. The fourth-order valence-corrected chi connectivity index (χ4v) is 4.58. The molecule has 1 unspecified atom stereocenters. The SMILES string of the molecule is CC(c1ccccc1)N(C(=O)Nc1ccc(Sc2ccc(CC(=O)O)cc2)cc1)c1ccccc1. The summed E-state index contributed by atoms with van der Waals surface area (Å²) in [5.74, 6) is -0.841. The average molecular weight is 483 g/mol. The van der Waals surface area contributed by atoms with E-state index in [9.17, 15) is 9.59 Å². The van der Waals surface area contributed by atoms with Crippen LogP contribution in [-0.4, -0.2) is 17.1 Å². The Morgan fingerprint density at radius 1 is 0.800 bits per heavy atom. The summed E-state index contributed by atoms with van der Waals surface area (Å²) in [6.07, 6.45) is 0.0161. The maximum Gasteiger partial charge on any atom is 0.326 e. The molecule has 1 atom stereocenters. The number of hydrogen-bond acceptors (Lipinski definition) is 3.